The Labute approximate surface area is 182 Å². The topological polar surface area (TPSA) is 75.5 Å². The summed E-state index contributed by atoms with van der Waals surface area (Å²) in [5.74, 6) is 0.790. The van der Waals surface area contributed by atoms with Crippen LogP contribution in [0.4, 0.5) is 5.69 Å². The normalized spacial score (nSPS) is 16.2. The first-order valence-corrected chi connectivity index (χ1v) is 11.3. The Kier molecular flexibility index (Phi) is 7.87. The predicted molar refractivity (Wildman–Crippen MR) is 120 cm³/mol. The van der Waals surface area contributed by atoms with E-state index in [1.807, 2.05) is 6.92 Å². The van der Waals surface area contributed by atoms with Crippen molar-refractivity contribution in [2.75, 3.05) is 13.1 Å². The lowest BCUT2D eigenvalue weighted by atomic mass is 9.99. The number of hydrogen-bond acceptors (Lipinski definition) is 5. The molecule has 2 aromatic rings. The molecule has 7 heteroatoms. The SMILES string of the molecule is CC1CCN(Cc2ccc(CNC(=O)C(C)Sc3ccc([N+](=O)[O-])cc3)cc2)CC1. The highest BCUT2D eigenvalue weighted by Crippen LogP contribution is 2.25. The van der Waals surface area contributed by atoms with Crippen molar-refractivity contribution in [2.45, 2.75) is 49.9 Å². The highest BCUT2D eigenvalue weighted by Gasteiger charge is 2.16. The van der Waals surface area contributed by atoms with Crippen LogP contribution in [0, 0.1) is 16.0 Å². The third-order valence-electron chi connectivity index (χ3n) is 5.50. The molecule has 0 aromatic heterocycles. The van der Waals surface area contributed by atoms with Gasteiger partial charge in [0.15, 0.2) is 0 Å². The molecule has 3 rings (SSSR count). The fraction of sp³-hybridized carbons (Fsp3) is 0.435. The molecule has 1 amide bonds. The smallest absolute Gasteiger partial charge is 0.269 e. The van der Waals surface area contributed by atoms with Crippen LogP contribution in [0.2, 0.25) is 0 Å². The van der Waals surface area contributed by atoms with Crippen LogP contribution in [0.25, 0.3) is 0 Å². The number of hydrogen-bond donors (Lipinski definition) is 1. The van der Waals surface area contributed by atoms with Crippen LogP contribution >= 0.6 is 11.8 Å². The summed E-state index contributed by atoms with van der Waals surface area (Å²) in [6.07, 6.45) is 2.56. The second-order valence-corrected chi connectivity index (χ2v) is 9.42. The minimum atomic E-state index is -0.428. The summed E-state index contributed by atoms with van der Waals surface area (Å²) in [6.45, 7) is 7.98. The number of nitrogens with zero attached hydrogens (tertiary/aromatic N) is 2. The van der Waals surface area contributed by atoms with Gasteiger partial charge in [0.2, 0.25) is 5.91 Å². The molecule has 1 aliphatic heterocycles. The second-order valence-electron chi connectivity index (χ2n) is 8.00. The number of rotatable bonds is 8. The minimum Gasteiger partial charge on any atom is -0.351 e. The molecule has 1 N–H and O–H groups in total. The molecule has 1 aliphatic rings. The molecule has 0 radical (unpaired) electrons. The van der Waals surface area contributed by atoms with Gasteiger partial charge in [-0.2, -0.15) is 0 Å². The van der Waals surface area contributed by atoms with E-state index in [4.69, 9.17) is 0 Å². The lowest BCUT2D eigenvalue weighted by molar-refractivity contribution is -0.384. The maximum atomic E-state index is 12.4. The summed E-state index contributed by atoms with van der Waals surface area (Å²) in [4.78, 5) is 26.0. The molecule has 0 saturated carbocycles. The molecular weight excluding hydrogens is 398 g/mol. The lowest BCUT2D eigenvalue weighted by Crippen LogP contribution is -2.32. The quantitative estimate of drug-likeness (QED) is 0.378. The number of carbonyl (C=O) groups is 1. The van der Waals surface area contributed by atoms with E-state index in [2.05, 4.69) is 41.4 Å². The minimum absolute atomic E-state index is 0.0507. The van der Waals surface area contributed by atoms with Crippen molar-refractivity contribution >= 4 is 23.4 Å². The number of nitro benzene ring substituents is 1. The van der Waals surface area contributed by atoms with E-state index in [9.17, 15) is 14.9 Å². The molecule has 0 spiro atoms. The largest absolute Gasteiger partial charge is 0.351 e. The Balaban J connectivity index is 1.44. The summed E-state index contributed by atoms with van der Waals surface area (Å²) < 4.78 is 0. The fourth-order valence-electron chi connectivity index (χ4n) is 3.48. The Morgan fingerprint density at radius 2 is 1.73 bits per heavy atom. The third kappa shape index (κ3) is 6.57. The number of amides is 1. The molecule has 0 bridgehead atoms. The van der Waals surface area contributed by atoms with Crippen molar-refractivity contribution in [2.24, 2.45) is 5.92 Å². The first kappa shape index (κ1) is 22.3. The Morgan fingerprint density at radius 1 is 1.13 bits per heavy atom. The number of nitro groups is 1. The van der Waals surface area contributed by atoms with Gasteiger partial charge in [-0.25, -0.2) is 0 Å². The Morgan fingerprint density at radius 3 is 2.33 bits per heavy atom. The number of piperidine rings is 1. The van der Waals surface area contributed by atoms with Crippen LogP contribution in [-0.4, -0.2) is 34.1 Å². The van der Waals surface area contributed by atoms with Gasteiger partial charge in [-0.3, -0.25) is 19.8 Å². The number of likely N-dealkylation sites (tertiary alicyclic amines) is 1. The first-order valence-electron chi connectivity index (χ1n) is 10.4. The van der Waals surface area contributed by atoms with Gasteiger partial charge in [0.1, 0.15) is 0 Å². The van der Waals surface area contributed by atoms with E-state index < -0.39 is 4.92 Å². The van der Waals surface area contributed by atoms with Crippen molar-refractivity contribution in [1.82, 2.24) is 10.2 Å². The van der Waals surface area contributed by atoms with Crippen LogP contribution in [0.15, 0.2) is 53.4 Å². The molecule has 1 atom stereocenters. The van der Waals surface area contributed by atoms with Gasteiger partial charge < -0.3 is 5.32 Å². The predicted octanol–water partition coefficient (Wildman–Crippen LogP) is 4.62. The van der Waals surface area contributed by atoms with E-state index in [1.165, 1.54) is 55.4 Å². The number of non-ortho nitro benzene ring substituents is 1. The zero-order valence-corrected chi connectivity index (χ0v) is 18.4. The van der Waals surface area contributed by atoms with Crippen LogP contribution < -0.4 is 5.32 Å². The highest BCUT2D eigenvalue weighted by molar-refractivity contribution is 8.00. The Hall–Kier alpha value is -2.38. The fourth-order valence-corrected chi connectivity index (χ4v) is 4.37. The van der Waals surface area contributed by atoms with Gasteiger partial charge in [-0.15, -0.1) is 11.8 Å². The maximum Gasteiger partial charge on any atom is 0.269 e. The summed E-state index contributed by atoms with van der Waals surface area (Å²) in [5, 5.41) is 13.4. The van der Waals surface area contributed by atoms with Gasteiger partial charge >= 0.3 is 0 Å². The average molecular weight is 428 g/mol. The van der Waals surface area contributed by atoms with E-state index >= 15 is 0 Å². The van der Waals surface area contributed by atoms with Crippen LogP contribution in [0.5, 0.6) is 0 Å². The standard InChI is InChI=1S/C23H29N3O3S/c1-17-11-13-25(14-12-17)16-20-5-3-19(4-6-20)15-24-23(27)18(2)30-22-9-7-21(8-10-22)26(28)29/h3-10,17-18H,11-16H2,1-2H3,(H,24,27). The molecule has 0 aliphatic carbocycles. The van der Waals surface area contributed by atoms with Gasteiger partial charge in [-0.05, 0) is 62.0 Å². The zero-order chi connectivity index (χ0) is 21.5. The van der Waals surface area contributed by atoms with Gasteiger partial charge in [0.05, 0.1) is 10.2 Å². The number of nitrogens with one attached hydrogen (secondary N) is 1. The van der Waals surface area contributed by atoms with Gasteiger partial charge in [0.25, 0.3) is 5.69 Å². The number of benzene rings is 2. The average Bonchev–Trinajstić information content (AvgIpc) is 2.75. The van der Waals surface area contributed by atoms with Gasteiger partial charge in [-0.1, -0.05) is 31.2 Å². The summed E-state index contributed by atoms with van der Waals surface area (Å²) in [6, 6.07) is 14.7. The molecular formula is C23H29N3O3S. The molecule has 1 saturated heterocycles. The second kappa shape index (κ2) is 10.6. The third-order valence-corrected chi connectivity index (χ3v) is 6.61. The molecule has 1 fully saturated rings. The monoisotopic (exact) mass is 427 g/mol. The van der Waals surface area contributed by atoms with Crippen molar-refractivity contribution in [3.05, 3.63) is 69.8 Å². The molecule has 1 heterocycles. The van der Waals surface area contributed by atoms with E-state index in [0.29, 0.717) is 6.54 Å². The molecule has 160 valence electrons. The summed E-state index contributed by atoms with van der Waals surface area (Å²) in [5.41, 5.74) is 2.43. The number of carbonyl (C=O) groups excluding carboxylic acids is 1. The van der Waals surface area contributed by atoms with Crippen molar-refractivity contribution in [3.8, 4) is 0 Å². The molecule has 6 nitrogen and oxygen atoms in total. The van der Waals surface area contributed by atoms with E-state index in [1.54, 1.807) is 12.1 Å². The van der Waals surface area contributed by atoms with E-state index in [0.717, 1.165) is 22.9 Å². The maximum absolute atomic E-state index is 12.4. The van der Waals surface area contributed by atoms with Crippen molar-refractivity contribution in [1.29, 1.82) is 0 Å². The summed E-state index contributed by atoms with van der Waals surface area (Å²) in [7, 11) is 0. The Bertz CT molecular complexity index is 847. The lowest BCUT2D eigenvalue weighted by Gasteiger charge is -2.30. The first-order chi connectivity index (χ1) is 14.4. The van der Waals surface area contributed by atoms with Crippen LogP contribution in [0.1, 0.15) is 37.8 Å². The molecule has 2 aromatic carbocycles. The van der Waals surface area contributed by atoms with Crippen molar-refractivity contribution < 1.29 is 9.72 Å². The summed E-state index contributed by atoms with van der Waals surface area (Å²) >= 11 is 1.39. The molecule has 30 heavy (non-hydrogen) atoms. The number of thioether (sulfide) groups is 1. The van der Waals surface area contributed by atoms with Crippen LogP contribution in [0.3, 0.4) is 0 Å². The van der Waals surface area contributed by atoms with E-state index in [-0.39, 0.29) is 16.8 Å². The molecule has 1 unspecified atom stereocenters. The highest BCUT2D eigenvalue weighted by atomic mass is 32.2. The van der Waals surface area contributed by atoms with Crippen molar-refractivity contribution in [3.63, 3.8) is 0 Å². The van der Waals surface area contributed by atoms with Crippen LogP contribution in [-0.2, 0) is 17.9 Å². The van der Waals surface area contributed by atoms with Gasteiger partial charge in [0, 0.05) is 30.1 Å². The zero-order valence-electron chi connectivity index (χ0n) is 17.5.